The summed E-state index contributed by atoms with van der Waals surface area (Å²) in [4.78, 5) is 36.5. The summed E-state index contributed by atoms with van der Waals surface area (Å²) in [6.45, 7) is 0.228. The van der Waals surface area contributed by atoms with E-state index in [2.05, 4.69) is 15.3 Å². The van der Waals surface area contributed by atoms with Gasteiger partial charge < -0.3 is 5.32 Å². The van der Waals surface area contributed by atoms with E-state index >= 15 is 0 Å². The van der Waals surface area contributed by atoms with Gasteiger partial charge in [0, 0.05) is 17.3 Å². The summed E-state index contributed by atoms with van der Waals surface area (Å²) < 4.78 is 0. The number of rotatable bonds is 4. The molecular formula is C20H16N4O2S. The number of amides is 2. The van der Waals surface area contributed by atoms with Gasteiger partial charge in [0.25, 0.3) is 5.91 Å². The Bertz CT molecular complexity index is 994. The SMILES string of the molecule is O=C(CN1C(=O)c2ccccc2Sc2ncccc21)NCc1ccccn1. The second-order valence-corrected chi connectivity index (χ2v) is 6.95. The van der Waals surface area contributed by atoms with Crippen molar-refractivity contribution in [2.75, 3.05) is 11.4 Å². The van der Waals surface area contributed by atoms with Crippen LogP contribution in [0, 0.1) is 0 Å². The zero-order valence-electron chi connectivity index (χ0n) is 14.3. The van der Waals surface area contributed by atoms with E-state index in [0.29, 0.717) is 22.8 Å². The Hall–Kier alpha value is -3.19. The van der Waals surface area contributed by atoms with Gasteiger partial charge in [-0.2, -0.15) is 0 Å². The lowest BCUT2D eigenvalue weighted by molar-refractivity contribution is -0.119. The molecule has 0 fully saturated rings. The van der Waals surface area contributed by atoms with Gasteiger partial charge in [-0.1, -0.05) is 30.0 Å². The number of fused-ring (bicyclic) bond motifs is 2. The molecule has 0 radical (unpaired) electrons. The van der Waals surface area contributed by atoms with Crippen LogP contribution in [0.3, 0.4) is 0 Å². The van der Waals surface area contributed by atoms with Gasteiger partial charge in [-0.3, -0.25) is 19.5 Å². The third-order valence-corrected chi connectivity index (χ3v) is 5.19. The molecule has 0 spiro atoms. The molecule has 134 valence electrons. The molecule has 0 aliphatic carbocycles. The van der Waals surface area contributed by atoms with Gasteiger partial charge in [-0.05, 0) is 36.4 Å². The highest BCUT2D eigenvalue weighted by Gasteiger charge is 2.29. The van der Waals surface area contributed by atoms with Crippen LogP contribution in [-0.4, -0.2) is 28.3 Å². The number of carbonyl (C=O) groups excluding carboxylic acids is 2. The molecule has 27 heavy (non-hydrogen) atoms. The van der Waals surface area contributed by atoms with E-state index in [4.69, 9.17) is 0 Å². The first-order chi connectivity index (χ1) is 13.2. The van der Waals surface area contributed by atoms with E-state index in [1.807, 2.05) is 42.5 Å². The van der Waals surface area contributed by atoms with E-state index in [1.54, 1.807) is 24.5 Å². The number of hydrogen-bond donors (Lipinski definition) is 1. The van der Waals surface area contributed by atoms with Crippen molar-refractivity contribution in [1.82, 2.24) is 15.3 Å². The van der Waals surface area contributed by atoms with E-state index in [1.165, 1.54) is 16.7 Å². The molecule has 0 bridgehead atoms. The van der Waals surface area contributed by atoms with E-state index < -0.39 is 0 Å². The summed E-state index contributed by atoms with van der Waals surface area (Å²) in [6.07, 6.45) is 3.36. The van der Waals surface area contributed by atoms with Crippen LogP contribution in [0.15, 0.2) is 76.9 Å². The lowest BCUT2D eigenvalue weighted by Gasteiger charge is -2.21. The van der Waals surface area contributed by atoms with Crippen LogP contribution in [0.1, 0.15) is 16.1 Å². The standard InChI is InChI=1S/C20H16N4O2S/c25-18(23-12-14-6-3-4-10-21-14)13-24-16-8-5-11-22-19(16)27-17-9-2-1-7-15(17)20(24)26/h1-11H,12-13H2,(H,23,25). The third kappa shape index (κ3) is 3.68. The summed E-state index contributed by atoms with van der Waals surface area (Å²) >= 11 is 1.43. The number of pyridine rings is 2. The van der Waals surface area contributed by atoms with Crippen molar-refractivity contribution in [3.05, 3.63) is 78.2 Å². The summed E-state index contributed by atoms with van der Waals surface area (Å²) in [5.74, 6) is -0.467. The minimum absolute atomic E-state index is 0.0841. The highest BCUT2D eigenvalue weighted by atomic mass is 32.2. The number of anilines is 1. The predicted molar refractivity (Wildman–Crippen MR) is 103 cm³/mol. The average Bonchev–Trinajstić information content (AvgIpc) is 2.82. The van der Waals surface area contributed by atoms with Crippen LogP contribution in [0.25, 0.3) is 0 Å². The van der Waals surface area contributed by atoms with Gasteiger partial charge in [-0.15, -0.1) is 0 Å². The monoisotopic (exact) mass is 376 g/mol. The lowest BCUT2D eigenvalue weighted by Crippen LogP contribution is -2.40. The zero-order valence-corrected chi connectivity index (χ0v) is 15.1. The van der Waals surface area contributed by atoms with Crippen LogP contribution in [0.5, 0.6) is 0 Å². The Morgan fingerprint density at radius 2 is 1.81 bits per heavy atom. The first-order valence-electron chi connectivity index (χ1n) is 8.43. The van der Waals surface area contributed by atoms with Crippen LogP contribution >= 0.6 is 11.8 Å². The van der Waals surface area contributed by atoms with Crippen molar-refractivity contribution in [2.24, 2.45) is 0 Å². The fraction of sp³-hybridized carbons (Fsp3) is 0.100. The molecule has 4 rings (SSSR count). The molecule has 1 aliphatic heterocycles. The molecule has 1 aliphatic rings. The van der Waals surface area contributed by atoms with Crippen molar-refractivity contribution in [1.29, 1.82) is 0 Å². The number of benzene rings is 1. The highest BCUT2D eigenvalue weighted by Crippen LogP contribution is 2.39. The summed E-state index contributed by atoms with van der Waals surface area (Å²) in [7, 11) is 0. The van der Waals surface area contributed by atoms with E-state index in [9.17, 15) is 9.59 Å². The van der Waals surface area contributed by atoms with Crippen molar-refractivity contribution in [3.8, 4) is 0 Å². The Morgan fingerprint density at radius 1 is 1.00 bits per heavy atom. The fourth-order valence-corrected chi connectivity index (χ4v) is 3.82. The molecule has 7 heteroatoms. The Labute approximate surface area is 160 Å². The summed E-state index contributed by atoms with van der Waals surface area (Å²) in [5, 5.41) is 3.52. The second-order valence-electron chi connectivity index (χ2n) is 5.92. The maximum Gasteiger partial charge on any atom is 0.259 e. The third-order valence-electron chi connectivity index (χ3n) is 4.11. The molecule has 3 heterocycles. The number of hydrogen-bond acceptors (Lipinski definition) is 5. The normalized spacial score (nSPS) is 12.7. The number of nitrogens with zero attached hydrogens (tertiary/aromatic N) is 3. The van der Waals surface area contributed by atoms with Gasteiger partial charge in [0.15, 0.2) is 0 Å². The Kier molecular flexibility index (Phi) is 4.84. The van der Waals surface area contributed by atoms with Crippen molar-refractivity contribution in [2.45, 2.75) is 16.5 Å². The topological polar surface area (TPSA) is 75.2 Å². The number of nitrogens with one attached hydrogen (secondary N) is 1. The quantitative estimate of drug-likeness (QED) is 0.758. The minimum Gasteiger partial charge on any atom is -0.349 e. The van der Waals surface area contributed by atoms with Gasteiger partial charge in [0.2, 0.25) is 5.91 Å². The average molecular weight is 376 g/mol. The van der Waals surface area contributed by atoms with Crippen LogP contribution in [-0.2, 0) is 11.3 Å². The molecule has 0 saturated heterocycles. The first-order valence-corrected chi connectivity index (χ1v) is 9.24. The molecule has 0 saturated carbocycles. The zero-order chi connectivity index (χ0) is 18.6. The second kappa shape index (κ2) is 7.59. The summed E-state index contributed by atoms with van der Waals surface area (Å²) in [5.41, 5.74) is 1.96. The smallest absolute Gasteiger partial charge is 0.259 e. The van der Waals surface area contributed by atoms with Gasteiger partial charge in [-0.25, -0.2) is 4.98 Å². The molecule has 2 aromatic heterocycles. The maximum absolute atomic E-state index is 13.1. The Balaban J connectivity index is 1.59. The van der Waals surface area contributed by atoms with Crippen LogP contribution in [0.4, 0.5) is 5.69 Å². The van der Waals surface area contributed by atoms with Gasteiger partial charge in [0.05, 0.1) is 23.5 Å². The van der Waals surface area contributed by atoms with Crippen LogP contribution < -0.4 is 10.2 Å². The molecule has 3 aromatic rings. The predicted octanol–water partition coefficient (Wildman–Crippen LogP) is 2.90. The molecule has 0 atom stereocenters. The first kappa shape index (κ1) is 17.2. The number of aromatic nitrogens is 2. The molecule has 1 N–H and O–H groups in total. The Morgan fingerprint density at radius 3 is 2.67 bits per heavy atom. The number of carbonyl (C=O) groups is 2. The van der Waals surface area contributed by atoms with Crippen molar-refractivity contribution < 1.29 is 9.59 Å². The van der Waals surface area contributed by atoms with Crippen molar-refractivity contribution >= 4 is 29.3 Å². The summed E-state index contributed by atoms with van der Waals surface area (Å²) in [6, 6.07) is 16.5. The van der Waals surface area contributed by atoms with Crippen molar-refractivity contribution in [3.63, 3.8) is 0 Å². The molecule has 0 unspecified atom stereocenters. The van der Waals surface area contributed by atoms with Gasteiger partial charge in [0.1, 0.15) is 11.6 Å². The van der Waals surface area contributed by atoms with Crippen LogP contribution in [0.2, 0.25) is 0 Å². The van der Waals surface area contributed by atoms with E-state index in [-0.39, 0.29) is 18.4 Å². The molecule has 6 nitrogen and oxygen atoms in total. The largest absolute Gasteiger partial charge is 0.349 e. The highest BCUT2D eigenvalue weighted by molar-refractivity contribution is 7.99. The molecule has 2 amide bonds. The molecule has 1 aromatic carbocycles. The maximum atomic E-state index is 13.1. The molecular weight excluding hydrogens is 360 g/mol. The fourth-order valence-electron chi connectivity index (χ4n) is 2.81. The van der Waals surface area contributed by atoms with E-state index in [0.717, 1.165) is 10.6 Å². The minimum atomic E-state index is -0.256. The van der Waals surface area contributed by atoms with Gasteiger partial charge >= 0.3 is 0 Å². The lowest BCUT2D eigenvalue weighted by atomic mass is 10.2.